The van der Waals surface area contributed by atoms with Gasteiger partial charge in [0, 0.05) is 26.4 Å². The second-order valence-corrected chi connectivity index (χ2v) is 7.24. The van der Waals surface area contributed by atoms with Gasteiger partial charge in [-0.25, -0.2) is 4.79 Å². The van der Waals surface area contributed by atoms with Crippen molar-refractivity contribution >= 4 is 65.5 Å². The quantitative estimate of drug-likeness (QED) is 0.550. The summed E-state index contributed by atoms with van der Waals surface area (Å²) in [5.74, 6) is -0.724. The Morgan fingerprint density at radius 3 is 2.33 bits per heavy atom. The van der Waals surface area contributed by atoms with Crippen LogP contribution >= 0.6 is 47.8 Å². The molecule has 1 aromatic rings. The number of aliphatic carboxylic acids is 1. The number of amides is 2. The molecule has 0 aliphatic rings. The Morgan fingerprint density at radius 2 is 1.81 bits per heavy atom. The van der Waals surface area contributed by atoms with Crippen molar-refractivity contribution in [3.8, 4) is 0 Å². The first-order valence-corrected chi connectivity index (χ1v) is 8.58. The van der Waals surface area contributed by atoms with Gasteiger partial charge in [0.05, 0.1) is 5.69 Å². The number of urea groups is 1. The van der Waals surface area contributed by atoms with Crippen LogP contribution in [0, 0.1) is 5.92 Å². The summed E-state index contributed by atoms with van der Waals surface area (Å²) in [5, 5.41) is 14.1. The van der Waals surface area contributed by atoms with Crippen molar-refractivity contribution < 1.29 is 14.7 Å². The highest BCUT2D eigenvalue weighted by Crippen LogP contribution is 2.34. The molecule has 0 bridgehead atoms. The zero-order chi connectivity index (χ0) is 16.0. The van der Waals surface area contributed by atoms with Crippen LogP contribution in [0.1, 0.15) is 19.8 Å². The summed E-state index contributed by atoms with van der Waals surface area (Å²) >= 11 is 10.1. The molecule has 0 aromatic heterocycles. The highest BCUT2D eigenvalue weighted by molar-refractivity contribution is 9.11. The summed E-state index contributed by atoms with van der Waals surface area (Å²) in [6.07, 6.45) is 0.634. The lowest BCUT2D eigenvalue weighted by atomic mass is 10.1. The summed E-state index contributed by atoms with van der Waals surface area (Å²) < 4.78 is 2.38. The standard InChI is InChI=1S/C13H15Br3N2O3/c1-7(2-3-11(19)20)6-17-13(21)18-12-9(15)4-8(14)5-10(12)16/h4-5,7H,2-3,6H2,1H3,(H,19,20)(H2,17,18,21). The van der Waals surface area contributed by atoms with E-state index in [4.69, 9.17) is 5.11 Å². The second kappa shape index (κ2) is 8.75. The number of carboxylic acid groups (broad SMARTS) is 1. The van der Waals surface area contributed by atoms with Crippen molar-refractivity contribution in [1.29, 1.82) is 0 Å². The lowest BCUT2D eigenvalue weighted by Gasteiger charge is -2.14. The minimum absolute atomic E-state index is 0.101. The predicted molar refractivity (Wildman–Crippen MR) is 92.6 cm³/mol. The molecule has 0 saturated carbocycles. The normalized spacial score (nSPS) is 11.8. The monoisotopic (exact) mass is 484 g/mol. The summed E-state index contributed by atoms with van der Waals surface area (Å²) in [4.78, 5) is 22.3. The molecular formula is C13H15Br3N2O3. The average molecular weight is 487 g/mol. The third-order valence-electron chi connectivity index (χ3n) is 2.71. The molecule has 0 heterocycles. The number of benzene rings is 1. The van der Waals surface area contributed by atoms with Crippen molar-refractivity contribution in [3.63, 3.8) is 0 Å². The van der Waals surface area contributed by atoms with Crippen LogP contribution in [0.5, 0.6) is 0 Å². The Bertz CT molecular complexity index is 514. The van der Waals surface area contributed by atoms with Gasteiger partial charge in [-0.15, -0.1) is 0 Å². The molecule has 8 heteroatoms. The van der Waals surface area contributed by atoms with Crippen LogP contribution in [0.2, 0.25) is 0 Å². The maximum Gasteiger partial charge on any atom is 0.319 e. The molecule has 0 saturated heterocycles. The molecule has 0 spiro atoms. The van der Waals surface area contributed by atoms with Gasteiger partial charge in [0.1, 0.15) is 0 Å². The molecule has 0 aliphatic carbocycles. The molecule has 3 N–H and O–H groups in total. The SMILES string of the molecule is CC(CCC(=O)O)CNC(=O)Nc1c(Br)cc(Br)cc1Br. The lowest BCUT2D eigenvalue weighted by Crippen LogP contribution is -2.32. The first-order chi connectivity index (χ1) is 9.79. The van der Waals surface area contributed by atoms with E-state index >= 15 is 0 Å². The number of nitrogens with one attached hydrogen (secondary N) is 2. The topological polar surface area (TPSA) is 78.4 Å². The third-order valence-corrected chi connectivity index (χ3v) is 4.42. The maximum atomic E-state index is 11.9. The first kappa shape index (κ1) is 18.4. The number of rotatable bonds is 6. The molecule has 0 radical (unpaired) electrons. The Kier molecular flexibility index (Phi) is 7.69. The minimum Gasteiger partial charge on any atom is -0.481 e. The fraction of sp³-hybridized carbons (Fsp3) is 0.385. The molecule has 1 unspecified atom stereocenters. The van der Waals surface area contributed by atoms with E-state index < -0.39 is 5.97 Å². The molecule has 0 aliphatic heterocycles. The molecule has 1 atom stereocenters. The van der Waals surface area contributed by atoms with Gasteiger partial charge < -0.3 is 15.7 Å². The first-order valence-electron chi connectivity index (χ1n) is 6.20. The summed E-state index contributed by atoms with van der Waals surface area (Å²) in [6.45, 7) is 2.32. The van der Waals surface area contributed by atoms with Crippen LogP contribution in [-0.4, -0.2) is 23.7 Å². The molecule has 1 aromatic carbocycles. The van der Waals surface area contributed by atoms with E-state index in [1.54, 1.807) is 0 Å². The van der Waals surface area contributed by atoms with Gasteiger partial charge >= 0.3 is 12.0 Å². The van der Waals surface area contributed by atoms with Gasteiger partial charge in [-0.05, 0) is 56.3 Å². The largest absolute Gasteiger partial charge is 0.481 e. The summed E-state index contributed by atoms with van der Waals surface area (Å²) in [5.41, 5.74) is 0.633. The van der Waals surface area contributed by atoms with Crippen molar-refractivity contribution in [3.05, 3.63) is 25.6 Å². The number of halogens is 3. The Morgan fingerprint density at radius 1 is 1.24 bits per heavy atom. The van der Waals surface area contributed by atoms with E-state index in [0.717, 1.165) is 13.4 Å². The van der Waals surface area contributed by atoms with Gasteiger partial charge in [-0.1, -0.05) is 22.9 Å². The molecule has 116 valence electrons. The van der Waals surface area contributed by atoms with E-state index in [9.17, 15) is 9.59 Å². The van der Waals surface area contributed by atoms with E-state index in [2.05, 4.69) is 58.4 Å². The molecule has 2 amide bonds. The van der Waals surface area contributed by atoms with Gasteiger partial charge in [-0.3, -0.25) is 4.79 Å². The Labute approximate surface area is 148 Å². The molecular weight excluding hydrogens is 472 g/mol. The fourth-order valence-electron chi connectivity index (χ4n) is 1.56. The fourth-order valence-corrected chi connectivity index (χ4v) is 4.02. The zero-order valence-electron chi connectivity index (χ0n) is 11.3. The van der Waals surface area contributed by atoms with Crippen LogP contribution in [0.25, 0.3) is 0 Å². The van der Waals surface area contributed by atoms with Crippen molar-refractivity contribution in [1.82, 2.24) is 5.32 Å². The van der Waals surface area contributed by atoms with Crippen molar-refractivity contribution in [2.75, 3.05) is 11.9 Å². The summed E-state index contributed by atoms with van der Waals surface area (Å²) in [7, 11) is 0. The van der Waals surface area contributed by atoms with Crippen LogP contribution < -0.4 is 10.6 Å². The van der Waals surface area contributed by atoms with Gasteiger partial charge in [0.2, 0.25) is 0 Å². The van der Waals surface area contributed by atoms with Gasteiger partial charge in [-0.2, -0.15) is 0 Å². The van der Waals surface area contributed by atoms with Crippen LogP contribution in [0.3, 0.4) is 0 Å². The third kappa shape index (κ3) is 6.80. The van der Waals surface area contributed by atoms with Gasteiger partial charge in [0.15, 0.2) is 0 Å². The van der Waals surface area contributed by atoms with Crippen LogP contribution in [-0.2, 0) is 4.79 Å². The maximum absolute atomic E-state index is 11.9. The number of carbonyl (C=O) groups is 2. The molecule has 1 rings (SSSR count). The van der Waals surface area contributed by atoms with E-state index in [-0.39, 0.29) is 18.4 Å². The van der Waals surface area contributed by atoms with Crippen molar-refractivity contribution in [2.24, 2.45) is 5.92 Å². The van der Waals surface area contributed by atoms with Crippen molar-refractivity contribution in [2.45, 2.75) is 19.8 Å². The van der Waals surface area contributed by atoms with E-state index in [1.165, 1.54) is 0 Å². The van der Waals surface area contributed by atoms with Crippen LogP contribution in [0.15, 0.2) is 25.6 Å². The van der Waals surface area contributed by atoms with E-state index in [0.29, 0.717) is 18.7 Å². The van der Waals surface area contributed by atoms with Gasteiger partial charge in [0.25, 0.3) is 0 Å². The number of anilines is 1. The zero-order valence-corrected chi connectivity index (χ0v) is 16.0. The minimum atomic E-state index is -0.825. The highest BCUT2D eigenvalue weighted by Gasteiger charge is 2.12. The molecule has 0 fully saturated rings. The second-order valence-electron chi connectivity index (χ2n) is 4.62. The lowest BCUT2D eigenvalue weighted by molar-refractivity contribution is -0.137. The Hall–Kier alpha value is -0.600. The van der Waals surface area contributed by atoms with E-state index in [1.807, 2.05) is 19.1 Å². The number of hydrogen-bond donors (Lipinski definition) is 3. The average Bonchev–Trinajstić information content (AvgIpc) is 2.38. The molecule has 5 nitrogen and oxygen atoms in total. The Balaban J connectivity index is 2.49. The number of carbonyl (C=O) groups excluding carboxylic acids is 1. The number of hydrogen-bond acceptors (Lipinski definition) is 2. The summed E-state index contributed by atoms with van der Waals surface area (Å²) in [6, 6.07) is 3.33. The molecule has 21 heavy (non-hydrogen) atoms. The highest BCUT2D eigenvalue weighted by atomic mass is 79.9. The number of carboxylic acids is 1. The van der Waals surface area contributed by atoms with Crippen LogP contribution in [0.4, 0.5) is 10.5 Å². The smallest absolute Gasteiger partial charge is 0.319 e. The predicted octanol–water partition coefficient (Wildman–Crippen LogP) is 4.60.